The van der Waals surface area contributed by atoms with Gasteiger partial charge in [-0.25, -0.2) is 9.78 Å². The molecule has 1 aromatic rings. The Kier molecular flexibility index (Phi) is 4.46. The number of hydrogen-bond acceptors (Lipinski definition) is 4. The molecule has 0 saturated heterocycles. The van der Waals surface area contributed by atoms with Gasteiger partial charge < -0.3 is 15.8 Å². The Morgan fingerprint density at radius 1 is 1.35 bits per heavy atom. The van der Waals surface area contributed by atoms with Crippen LogP contribution in [0.4, 0.5) is 23.8 Å². The number of anilines is 1. The van der Waals surface area contributed by atoms with Crippen molar-refractivity contribution in [2.24, 2.45) is 0 Å². The van der Waals surface area contributed by atoms with Crippen molar-refractivity contribution in [3.05, 3.63) is 23.4 Å². The van der Waals surface area contributed by atoms with Crippen LogP contribution in [0.1, 0.15) is 32.0 Å². The zero-order valence-corrected chi connectivity index (χ0v) is 11.3. The maximum atomic E-state index is 12.5. The van der Waals surface area contributed by atoms with Gasteiger partial charge in [-0.1, -0.05) is 0 Å². The van der Waals surface area contributed by atoms with Crippen LogP contribution in [-0.2, 0) is 17.5 Å². The topological polar surface area (TPSA) is 77.2 Å². The fraction of sp³-hybridized carbons (Fsp3) is 0.500. The van der Waals surface area contributed by atoms with E-state index >= 15 is 0 Å². The van der Waals surface area contributed by atoms with Crippen molar-refractivity contribution < 1.29 is 22.7 Å². The number of rotatable bonds is 2. The summed E-state index contributed by atoms with van der Waals surface area (Å²) in [4.78, 5) is 14.6. The molecule has 0 unspecified atom stereocenters. The maximum Gasteiger partial charge on any atom is 0.433 e. The number of nitrogens with zero attached hydrogens (tertiary/aromatic N) is 1. The van der Waals surface area contributed by atoms with Gasteiger partial charge in [0.15, 0.2) is 0 Å². The summed E-state index contributed by atoms with van der Waals surface area (Å²) in [5.41, 5.74) is 3.80. The third kappa shape index (κ3) is 5.33. The summed E-state index contributed by atoms with van der Waals surface area (Å²) in [5, 5.41) is 2.52. The summed E-state index contributed by atoms with van der Waals surface area (Å²) in [7, 11) is 0. The number of aromatic nitrogens is 1. The van der Waals surface area contributed by atoms with Crippen LogP contribution >= 0.6 is 0 Å². The number of carbonyl (C=O) groups excluding carboxylic acids is 1. The van der Waals surface area contributed by atoms with Gasteiger partial charge in [0.05, 0.1) is 0 Å². The van der Waals surface area contributed by atoms with Crippen LogP contribution in [0.2, 0.25) is 0 Å². The van der Waals surface area contributed by atoms with E-state index in [9.17, 15) is 18.0 Å². The molecule has 0 bridgehead atoms. The molecule has 5 nitrogen and oxygen atoms in total. The fourth-order valence-electron chi connectivity index (χ4n) is 1.33. The normalized spacial score (nSPS) is 12.1. The molecule has 0 saturated carbocycles. The Bertz CT molecular complexity index is 496. The Hall–Kier alpha value is -1.99. The van der Waals surface area contributed by atoms with Crippen molar-refractivity contribution >= 4 is 11.9 Å². The first kappa shape index (κ1) is 16.1. The zero-order chi connectivity index (χ0) is 15.6. The maximum absolute atomic E-state index is 12.5. The van der Waals surface area contributed by atoms with Crippen LogP contribution in [0.3, 0.4) is 0 Å². The monoisotopic (exact) mass is 291 g/mol. The van der Waals surface area contributed by atoms with Crippen LogP contribution in [0.25, 0.3) is 0 Å². The molecule has 1 aromatic heterocycles. The van der Waals surface area contributed by atoms with E-state index in [4.69, 9.17) is 10.5 Å². The van der Waals surface area contributed by atoms with Crippen LogP contribution in [0, 0.1) is 0 Å². The average Bonchev–Trinajstić information content (AvgIpc) is 2.22. The highest BCUT2D eigenvalue weighted by molar-refractivity contribution is 5.68. The highest BCUT2D eigenvalue weighted by Gasteiger charge is 2.33. The molecule has 1 amide bonds. The smallest absolute Gasteiger partial charge is 0.433 e. The lowest BCUT2D eigenvalue weighted by atomic mass is 10.1. The minimum absolute atomic E-state index is 0.119. The third-order valence-corrected chi connectivity index (χ3v) is 2.04. The summed E-state index contributed by atoms with van der Waals surface area (Å²) >= 11 is 0. The molecule has 0 spiro atoms. The average molecular weight is 291 g/mol. The molecule has 1 heterocycles. The van der Waals surface area contributed by atoms with Gasteiger partial charge in [0, 0.05) is 5.54 Å². The predicted octanol–water partition coefficient (Wildman–Crippen LogP) is 2.71. The van der Waals surface area contributed by atoms with Gasteiger partial charge in [0.25, 0.3) is 0 Å². The number of carbonyl (C=O) groups is 1. The molecule has 0 fully saturated rings. The number of amides is 1. The molecule has 112 valence electrons. The molecular formula is C12H16F3N3O2. The first-order valence-electron chi connectivity index (χ1n) is 5.76. The second kappa shape index (κ2) is 5.56. The largest absolute Gasteiger partial charge is 0.445 e. The summed E-state index contributed by atoms with van der Waals surface area (Å²) in [5.74, 6) is -0.283. The Morgan fingerprint density at radius 2 is 1.95 bits per heavy atom. The first-order valence-corrected chi connectivity index (χ1v) is 5.76. The van der Waals surface area contributed by atoms with Crippen LogP contribution < -0.4 is 11.1 Å². The Labute approximate surface area is 114 Å². The van der Waals surface area contributed by atoms with Gasteiger partial charge in [-0.05, 0) is 38.5 Å². The minimum Gasteiger partial charge on any atom is -0.445 e. The summed E-state index contributed by atoms with van der Waals surface area (Å²) in [6.07, 6.45) is -5.32. The second-order valence-corrected chi connectivity index (χ2v) is 5.23. The van der Waals surface area contributed by atoms with E-state index in [-0.39, 0.29) is 18.0 Å². The standard InChI is InChI=1S/C12H16F3N3O2/c1-11(2,3)18-10(19)20-6-7-4-8(12(13,14)15)17-9(16)5-7/h4-5H,6H2,1-3H3,(H2,16,17)(H,18,19). The predicted molar refractivity (Wildman–Crippen MR) is 66.7 cm³/mol. The summed E-state index contributed by atoms with van der Waals surface area (Å²) in [6.45, 7) is 4.93. The van der Waals surface area contributed by atoms with E-state index in [1.54, 1.807) is 20.8 Å². The number of hydrogen-bond donors (Lipinski definition) is 2. The van der Waals surface area contributed by atoms with Crippen molar-refractivity contribution in [3.63, 3.8) is 0 Å². The number of halogens is 3. The van der Waals surface area contributed by atoms with Crippen molar-refractivity contribution in [3.8, 4) is 0 Å². The number of alkyl halides is 3. The molecular weight excluding hydrogens is 275 g/mol. The number of nitrogen functional groups attached to an aromatic ring is 1. The summed E-state index contributed by atoms with van der Waals surface area (Å²) in [6, 6.07) is 2.01. The molecule has 20 heavy (non-hydrogen) atoms. The van der Waals surface area contributed by atoms with Crippen molar-refractivity contribution in [1.82, 2.24) is 10.3 Å². The van der Waals surface area contributed by atoms with Gasteiger partial charge in [-0.2, -0.15) is 13.2 Å². The third-order valence-electron chi connectivity index (χ3n) is 2.04. The lowest BCUT2D eigenvalue weighted by molar-refractivity contribution is -0.141. The van der Waals surface area contributed by atoms with E-state index in [2.05, 4.69) is 10.3 Å². The number of pyridine rings is 1. The molecule has 8 heteroatoms. The lowest BCUT2D eigenvalue weighted by Gasteiger charge is -2.20. The molecule has 0 radical (unpaired) electrons. The van der Waals surface area contributed by atoms with Crippen molar-refractivity contribution in [2.75, 3.05) is 5.73 Å². The van der Waals surface area contributed by atoms with Gasteiger partial charge >= 0.3 is 12.3 Å². The molecule has 0 aliphatic heterocycles. The van der Waals surface area contributed by atoms with Crippen LogP contribution in [0.5, 0.6) is 0 Å². The van der Waals surface area contributed by atoms with E-state index in [1.165, 1.54) is 6.07 Å². The van der Waals surface area contributed by atoms with Crippen molar-refractivity contribution in [2.45, 2.75) is 39.1 Å². The molecule has 0 aromatic carbocycles. The van der Waals surface area contributed by atoms with E-state index in [0.717, 1.165) is 6.07 Å². The van der Waals surface area contributed by atoms with Crippen LogP contribution in [0.15, 0.2) is 12.1 Å². The van der Waals surface area contributed by atoms with Crippen molar-refractivity contribution in [1.29, 1.82) is 0 Å². The number of alkyl carbamates (subject to hydrolysis) is 1. The fourth-order valence-corrected chi connectivity index (χ4v) is 1.33. The van der Waals surface area contributed by atoms with Gasteiger partial charge in [0.2, 0.25) is 0 Å². The summed E-state index contributed by atoms with van der Waals surface area (Å²) < 4.78 is 42.4. The zero-order valence-electron chi connectivity index (χ0n) is 11.3. The lowest BCUT2D eigenvalue weighted by Crippen LogP contribution is -2.40. The molecule has 0 aliphatic rings. The molecule has 0 aliphatic carbocycles. The van der Waals surface area contributed by atoms with Gasteiger partial charge in [-0.3, -0.25) is 0 Å². The number of ether oxygens (including phenoxy) is 1. The van der Waals surface area contributed by atoms with E-state index in [0.29, 0.717) is 0 Å². The van der Waals surface area contributed by atoms with Crippen LogP contribution in [-0.4, -0.2) is 16.6 Å². The van der Waals surface area contributed by atoms with E-state index in [1.807, 2.05) is 0 Å². The quantitative estimate of drug-likeness (QED) is 0.878. The molecule has 1 rings (SSSR count). The Balaban J connectivity index is 2.74. The van der Waals surface area contributed by atoms with Gasteiger partial charge in [0.1, 0.15) is 18.1 Å². The highest BCUT2D eigenvalue weighted by Crippen LogP contribution is 2.29. The first-order chi connectivity index (χ1) is 8.97. The SMILES string of the molecule is CC(C)(C)NC(=O)OCc1cc(N)nc(C(F)(F)F)c1. The Morgan fingerprint density at radius 3 is 2.45 bits per heavy atom. The second-order valence-electron chi connectivity index (χ2n) is 5.23. The van der Waals surface area contributed by atoms with E-state index < -0.39 is 23.5 Å². The molecule has 3 N–H and O–H groups in total. The number of nitrogens with two attached hydrogens (primary N) is 1. The highest BCUT2D eigenvalue weighted by atomic mass is 19.4. The van der Waals surface area contributed by atoms with Gasteiger partial charge in [-0.15, -0.1) is 0 Å². The molecule has 0 atom stereocenters. The number of nitrogens with one attached hydrogen (secondary N) is 1. The minimum atomic E-state index is -4.60.